The van der Waals surface area contributed by atoms with Gasteiger partial charge in [0.1, 0.15) is 5.78 Å². The maximum absolute atomic E-state index is 13.4. The molecule has 15 nitrogen and oxygen atoms in total. The van der Waals surface area contributed by atoms with Gasteiger partial charge in [0.05, 0.1) is 64.6 Å². The molecule has 0 saturated heterocycles. The summed E-state index contributed by atoms with van der Waals surface area (Å²) in [6.07, 6.45) is 4.21. The molecule has 0 aliphatic heterocycles. The number of ketones is 2. The van der Waals surface area contributed by atoms with Gasteiger partial charge in [0.15, 0.2) is 5.78 Å². The van der Waals surface area contributed by atoms with Crippen LogP contribution in [0.2, 0.25) is 0 Å². The summed E-state index contributed by atoms with van der Waals surface area (Å²) in [5, 5.41) is 8.17. The number of ether oxygens (including phenoxy) is 4. The van der Waals surface area contributed by atoms with Crippen LogP contribution in [0, 0.1) is 22.7 Å². The Hall–Kier alpha value is -2.50. The molecule has 0 bridgehead atoms. The van der Waals surface area contributed by atoms with Crippen LogP contribution in [0.25, 0.3) is 0 Å². The summed E-state index contributed by atoms with van der Waals surface area (Å²) >= 11 is 0. The predicted molar refractivity (Wildman–Crippen MR) is 206 cm³/mol. The number of hydrogen-bond donors (Lipinski definition) is 4. The second-order valence-electron chi connectivity index (χ2n) is 16.1. The van der Waals surface area contributed by atoms with Crippen LogP contribution in [0.1, 0.15) is 113 Å². The highest BCUT2D eigenvalue weighted by atomic mass is 32.2. The van der Waals surface area contributed by atoms with Crippen LogP contribution in [-0.4, -0.2) is 120 Å². The summed E-state index contributed by atoms with van der Waals surface area (Å²) < 4.78 is 51.4. The Labute approximate surface area is 324 Å². The van der Waals surface area contributed by atoms with Gasteiger partial charge in [-0.15, -0.1) is 0 Å². The first-order chi connectivity index (χ1) is 25.1. The normalized spacial score (nSPS) is 13.4. The maximum atomic E-state index is 13.4. The third kappa shape index (κ3) is 29.8. The minimum atomic E-state index is -4.11. The van der Waals surface area contributed by atoms with Crippen LogP contribution in [0.3, 0.4) is 0 Å². The van der Waals surface area contributed by atoms with Gasteiger partial charge in [-0.05, 0) is 37.0 Å². The molecule has 0 fully saturated rings. The zero-order valence-electron chi connectivity index (χ0n) is 34.2. The van der Waals surface area contributed by atoms with E-state index in [1.807, 2.05) is 34.6 Å². The first-order valence-electron chi connectivity index (χ1n) is 19.3. The maximum Gasteiger partial charge on any atom is 0.266 e. The van der Waals surface area contributed by atoms with Crippen molar-refractivity contribution in [1.29, 1.82) is 0 Å². The number of Topliss-reactive ketones (excluding diaryl/α,β-unsaturated/α-hetero) is 2. The smallest absolute Gasteiger partial charge is 0.266 e. The van der Waals surface area contributed by atoms with Crippen molar-refractivity contribution in [3.05, 3.63) is 0 Å². The molecule has 54 heavy (non-hydrogen) atoms. The molecule has 0 radical (unpaired) electrons. The molecule has 16 heteroatoms. The molecule has 0 aromatic carbocycles. The van der Waals surface area contributed by atoms with Crippen molar-refractivity contribution in [3.63, 3.8) is 0 Å². The van der Waals surface area contributed by atoms with E-state index in [1.54, 1.807) is 0 Å². The monoisotopic (exact) mass is 793 g/mol. The van der Waals surface area contributed by atoms with E-state index in [-0.39, 0.29) is 86.2 Å². The Bertz CT molecular complexity index is 1210. The lowest BCUT2D eigenvalue weighted by Crippen LogP contribution is -2.45. The Morgan fingerprint density at radius 2 is 1.13 bits per heavy atom. The van der Waals surface area contributed by atoms with Crippen LogP contribution < -0.4 is 16.0 Å². The van der Waals surface area contributed by atoms with E-state index in [1.165, 1.54) is 0 Å². The van der Waals surface area contributed by atoms with Crippen LogP contribution >= 0.6 is 0 Å². The molecule has 0 aliphatic rings. The van der Waals surface area contributed by atoms with Crippen molar-refractivity contribution in [2.75, 3.05) is 71.7 Å². The second-order valence-corrected chi connectivity index (χ2v) is 17.7. The molecular weight excluding hydrogens is 722 g/mol. The van der Waals surface area contributed by atoms with Gasteiger partial charge in [0.25, 0.3) is 10.1 Å². The van der Waals surface area contributed by atoms with Crippen molar-refractivity contribution >= 4 is 39.4 Å². The SMILES string of the molecule is CC(C)[C@H](NC(=O)CCCC(C)(C)C)C(=O)C[C@@H](CCCCNC(=O)CCOCCOCCOCCOCCC(=O)NCCS(=O)(=O)O)C(=O)C(C)(C)C. The summed E-state index contributed by atoms with van der Waals surface area (Å²) in [7, 11) is -4.11. The van der Waals surface area contributed by atoms with Gasteiger partial charge in [-0.1, -0.05) is 61.8 Å². The highest BCUT2D eigenvalue weighted by Crippen LogP contribution is 2.27. The zero-order valence-corrected chi connectivity index (χ0v) is 35.0. The lowest BCUT2D eigenvalue weighted by Gasteiger charge is -2.27. The molecule has 3 amide bonds. The first-order valence-corrected chi connectivity index (χ1v) is 20.9. The van der Waals surface area contributed by atoms with E-state index in [4.69, 9.17) is 23.5 Å². The van der Waals surface area contributed by atoms with Gasteiger partial charge >= 0.3 is 0 Å². The Morgan fingerprint density at radius 1 is 0.648 bits per heavy atom. The molecule has 0 spiro atoms. The summed E-state index contributed by atoms with van der Waals surface area (Å²) in [4.78, 5) is 63.2. The summed E-state index contributed by atoms with van der Waals surface area (Å²) in [6.45, 7) is 18.4. The number of carbonyl (C=O) groups excluding carboxylic acids is 5. The summed E-state index contributed by atoms with van der Waals surface area (Å²) in [6, 6.07) is -0.638. The molecule has 0 heterocycles. The molecule has 316 valence electrons. The molecule has 0 rings (SSSR count). The van der Waals surface area contributed by atoms with Gasteiger partial charge in [-0.2, -0.15) is 8.42 Å². The van der Waals surface area contributed by atoms with Gasteiger partial charge in [0.2, 0.25) is 17.7 Å². The highest BCUT2D eigenvalue weighted by molar-refractivity contribution is 7.85. The topological polar surface area (TPSA) is 213 Å². The quantitative estimate of drug-likeness (QED) is 0.0568. The third-order valence-corrected chi connectivity index (χ3v) is 8.98. The number of unbranched alkanes of at least 4 members (excludes halogenated alkanes) is 1. The van der Waals surface area contributed by atoms with Gasteiger partial charge in [0, 0.05) is 50.1 Å². The Kier molecular flexibility index (Phi) is 26.7. The largest absolute Gasteiger partial charge is 0.379 e. The van der Waals surface area contributed by atoms with Crippen molar-refractivity contribution in [3.8, 4) is 0 Å². The number of carbonyl (C=O) groups is 5. The number of nitrogens with one attached hydrogen (secondary N) is 3. The molecule has 0 saturated carbocycles. The van der Waals surface area contributed by atoms with E-state index in [9.17, 15) is 32.4 Å². The lowest BCUT2D eigenvalue weighted by molar-refractivity contribution is -0.135. The fourth-order valence-corrected chi connectivity index (χ4v) is 5.64. The fraction of sp³-hybridized carbons (Fsp3) is 0.868. The molecular formula is C38H71N3O12S. The molecule has 0 aromatic rings. The number of amides is 3. The van der Waals surface area contributed by atoms with Crippen molar-refractivity contribution in [2.24, 2.45) is 22.7 Å². The summed E-state index contributed by atoms with van der Waals surface area (Å²) in [5.74, 6) is -1.85. The minimum absolute atomic E-state index is 0.0229. The van der Waals surface area contributed by atoms with Gasteiger partial charge in [-0.3, -0.25) is 28.5 Å². The Balaban J connectivity index is 4.18. The van der Waals surface area contributed by atoms with Crippen LogP contribution in [0.5, 0.6) is 0 Å². The average molecular weight is 794 g/mol. The predicted octanol–water partition coefficient (Wildman–Crippen LogP) is 3.67. The number of rotatable bonds is 32. The Morgan fingerprint density at radius 3 is 1.57 bits per heavy atom. The zero-order chi connectivity index (χ0) is 41.2. The minimum Gasteiger partial charge on any atom is -0.379 e. The van der Waals surface area contributed by atoms with E-state index in [0.717, 1.165) is 12.8 Å². The van der Waals surface area contributed by atoms with Crippen molar-refractivity contribution in [1.82, 2.24) is 16.0 Å². The third-order valence-electron chi connectivity index (χ3n) is 8.26. The first kappa shape index (κ1) is 51.5. The van der Waals surface area contributed by atoms with E-state index in [2.05, 4.69) is 36.7 Å². The standard InChI is InChI=1S/C38H71N3O12S/c1-29(2)35(41-34(45)13-11-16-37(3,4)5)31(42)28-30(36(46)38(6,7)8)12-9-10-17-39-32(43)14-19-50-21-23-52-25-26-53-24-22-51-20-15-33(44)40-18-27-54(47,48)49/h29-30,35H,9-28H2,1-8H3,(H,39,43)(H,40,44)(H,41,45)(H,47,48,49)/t30-,35+/m1/s1. The fourth-order valence-electron chi connectivity index (χ4n) is 5.28. The highest BCUT2D eigenvalue weighted by Gasteiger charge is 2.34. The van der Waals surface area contributed by atoms with Crippen molar-refractivity contribution < 1.29 is 55.9 Å². The van der Waals surface area contributed by atoms with Gasteiger partial charge < -0.3 is 34.9 Å². The van der Waals surface area contributed by atoms with Crippen molar-refractivity contribution in [2.45, 2.75) is 119 Å². The molecule has 0 aromatic heterocycles. The molecule has 2 atom stereocenters. The average Bonchev–Trinajstić information content (AvgIpc) is 3.04. The van der Waals surface area contributed by atoms with E-state index >= 15 is 0 Å². The molecule has 0 unspecified atom stereocenters. The van der Waals surface area contributed by atoms with E-state index < -0.39 is 33.2 Å². The van der Waals surface area contributed by atoms with Crippen LogP contribution in [0.4, 0.5) is 0 Å². The molecule has 0 aliphatic carbocycles. The molecule has 4 N–H and O–H groups in total. The number of hydrogen-bond acceptors (Lipinski definition) is 11. The summed E-state index contributed by atoms with van der Waals surface area (Å²) in [5.41, 5.74) is -0.474. The van der Waals surface area contributed by atoms with E-state index in [0.29, 0.717) is 65.3 Å². The van der Waals surface area contributed by atoms with Gasteiger partial charge in [-0.25, -0.2) is 0 Å². The van der Waals surface area contributed by atoms with Crippen LogP contribution in [0.15, 0.2) is 0 Å². The second kappa shape index (κ2) is 28.0. The lowest BCUT2D eigenvalue weighted by atomic mass is 9.77. The van der Waals surface area contributed by atoms with Crippen LogP contribution in [-0.2, 0) is 53.0 Å².